The van der Waals surface area contributed by atoms with Gasteiger partial charge in [-0.15, -0.1) is 12.3 Å². The number of terminal acetylenes is 1. The lowest BCUT2D eigenvalue weighted by Gasteiger charge is -2.15. The van der Waals surface area contributed by atoms with Crippen molar-refractivity contribution in [3.8, 4) is 12.3 Å². The van der Waals surface area contributed by atoms with Crippen LogP contribution in [0.5, 0.6) is 0 Å². The van der Waals surface area contributed by atoms with Gasteiger partial charge < -0.3 is 0 Å². The second-order valence-corrected chi connectivity index (χ2v) is 4.65. The first-order chi connectivity index (χ1) is 7.57. The van der Waals surface area contributed by atoms with Gasteiger partial charge in [0.15, 0.2) is 0 Å². The highest BCUT2D eigenvalue weighted by Gasteiger charge is 2.07. The molecule has 0 aliphatic heterocycles. The highest BCUT2D eigenvalue weighted by atomic mass is 14.1. The third kappa shape index (κ3) is 2.89. The van der Waals surface area contributed by atoms with E-state index in [2.05, 4.69) is 39.7 Å². The number of rotatable bonds is 4. The molecule has 0 aromatic heterocycles. The molecule has 0 nitrogen and oxygen atoms in total. The highest BCUT2D eigenvalue weighted by Crippen LogP contribution is 2.23. The molecule has 0 radical (unpaired) electrons. The van der Waals surface area contributed by atoms with Gasteiger partial charge in [-0.2, -0.15) is 0 Å². The first-order valence-corrected chi connectivity index (χ1v) is 6.07. The van der Waals surface area contributed by atoms with Crippen LogP contribution in [0.1, 0.15) is 47.1 Å². The first-order valence-electron chi connectivity index (χ1n) is 6.07. The van der Waals surface area contributed by atoms with Gasteiger partial charge >= 0.3 is 0 Å². The average Bonchev–Trinajstić information content (AvgIpc) is 2.25. The Kier molecular flexibility index (Phi) is 4.62. The first kappa shape index (κ1) is 12.8. The van der Waals surface area contributed by atoms with E-state index in [-0.39, 0.29) is 0 Å². The van der Waals surface area contributed by atoms with E-state index in [9.17, 15) is 0 Å². The van der Waals surface area contributed by atoms with Crippen LogP contribution in [0.2, 0.25) is 0 Å². The van der Waals surface area contributed by atoms with Gasteiger partial charge in [0, 0.05) is 6.42 Å². The standard InChI is InChI=1S/C16H22/c1-6-7-8-9-10-16-14(4)12(2)11-13(3)15(16)5/h1,11H,7-10H2,2-5H3. The minimum atomic E-state index is 0.906. The van der Waals surface area contributed by atoms with Gasteiger partial charge in [0.25, 0.3) is 0 Å². The van der Waals surface area contributed by atoms with Crippen molar-refractivity contribution >= 4 is 0 Å². The SMILES string of the molecule is C#CCCCCc1c(C)c(C)cc(C)c1C. The maximum Gasteiger partial charge on any atom is 0.00861 e. The maximum absolute atomic E-state index is 5.27. The van der Waals surface area contributed by atoms with Crippen molar-refractivity contribution in [3.63, 3.8) is 0 Å². The fourth-order valence-corrected chi connectivity index (χ4v) is 2.20. The number of unbranched alkanes of at least 4 members (excludes halogenated alkanes) is 2. The summed E-state index contributed by atoms with van der Waals surface area (Å²) in [5, 5.41) is 0. The van der Waals surface area contributed by atoms with Crippen molar-refractivity contribution in [2.45, 2.75) is 53.4 Å². The molecule has 1 rings (SSSR count). The van der Waals surface area contributed by atoms with Crippen molar-refractivity contribution in [2.24, 2.45) is 0 Å². The second-order valence-electron chi connectivity index (χ2n) is 4.65. The lowest BCUT2D eigenvalue weighted by atomic mass is 9.91. The quantitative estimate of drug-likeness (QED) is 0.519. The summed E-state index contributed by atoms with van der Waals surface area (Å²) in [4.78, 5) is 0. The molecule has 16 heavy (non-hydrogen) atoms. The zero-order valence-corrected chi connectivity index (χ0v) is 11.0. The van der Waals surface area contributed by atoms with Gasteiger partial charge in [0.2, 0.25) is 0 Å². The third-order valence-corrected chi connectivity index (χ3v) is 3.52. The molecule has 0 aliphatic rings. The Morgan fingerprint density at radius 2 is 1.56 bits per heavy atom. The molecule has 86 valence electrons. The Hall–Kier alpha value is -1.22. The summed E-state index contributed by atoms with van der Waals surface area (Å²) in [5.41, 5.74) is 7.28. The highest BCUT2D eigenvalue weighted by molar-refractivity contribution is 5.43. The molecule has 0 saturated heterocycles. The predicted octanol–water partition coefficient (Wildman–Crippen LogP) is 4.27. The van der Waals surface area contributed by atoms with E-state index in [4.69, 9.17) is 6.42 Å². The molecule has 0 spiro atoms. The van der Waals surface area contributed by atoms with Crippen LogP contribution in [0.4, 0.5) is 0 Å². The van der Waals surface area contributed by atoms with Crippen LogP contribution in [0, 0.1) is 40.0 Å². The number of benzene rings is 1. The summed E-state index contributed by atoms with van der Waals surface area (Å²) in [6.45, 7) is 8.87. The van der Waals surface area contributed by atoms with E-state index in [1.807, 2.05) is 0 Å². The molecule has 0 unspecified atom stereocenters. The van der Waals surface area contributed by atoms with Crippen LogP contribution in [0.3, 0.4) is 0 Å². The molecule has 0 atom stereocenters. The van der Waals surface area contributed by atoms with E-state index in [0.717, 1.165) is 12.8 Å². The van der Waals surface area contributed by atoms with E-state index in [1.54, 1.807) is 0 Å². The molecule has 0 N–H and O–H groups in total. The van der Waals surface area contributed by atoms with Gasteiger partial charge in [0.05, 0.1) is 0 Å². The van der Waals surface area contributed by atoms with Crippen molar-refractivity contribution in [1.82, 2.24) is 0 Å². The zero-order chi connectivity index (χ0) is 12.1. The topological polar surface area (TPSA) is 0 Å². The van der Waals surface area contributed by atoms with Gasteiger partial charge in [-0.1, -0.05) is 6.07 Å². The lowest BCUT2D eigenvalue weighted by molar-refractivity contribution is 0.749. The van der Waals surface area contributed by atoms with Gasteiger partial charge in [0.1, 0.15) is 0 Å². The molecule has 0 heteroatoms. The minimum Gasteiger partial charge on any atom is -0.120 e. The summed E-state index contributed by atoms with van der Waals surface area (Å²) in [5.74, 6) is 2.71. The predicted molar refractivity (Wildman–Crippen MR) is 71.8 cm³/mol. The van der Waals surface area contributed by atoms with E-state index in [1.165, 1.54) is 40.7 Å². The molecule has 0 aliphatic carbocycles. The zero-order valence-electron chi connectivity index (χ0n) is 11.0. The molecule has 1 aromatic carbocycles. The molecule has 0 fully saturated rings. The lowest BCUT2D eigenvalue weighted by Crippen LogP contribution is -1.99. The molecular weight excluding hydrogens is 192 g/mol. The molecular formula is C16H22. The Morgan fingerprint density at radius 1 is 1.00 bits per heavy atom. The summed E-state index contributed by atoms with van der Waals surface area (Å²) < 4.78 is 0. The normalized spacial score (nSPS) is 10.2. The van der Waals surface area contributed by atoms with Crippen LogP contribution in [-0.4, -0.2) is 0 Å². The summed E-state index contributed by atoms with van der Waals surface area (Å²) in [7, 11) is 0. The minimum absolute atomic E-state index is 0.906. The molecule has 0 amide bonds. The molecule has 0 heterocycles. The van der Waals surface area contributed by atoms with Crippen molar-refractivity contribution < 1.29 is 0 Å². The van der Waals surface area contributed by atoms with Crippen LogP contribution < -0.4 is 0 Å². The van der Waals surface area contributed by atoms with E-state index < -0.39 is 0 Å². The Labute approximate surface area is 100 Å². The van der Waals surface area contributed by atoms with Crippen molar-refractivity contribution in [1.29, 1.82) is 0 Å². The van der Waals surface area contributed by atoms with Crippen LogP contribution >= 0.6 is 0 Å². The Morgan fingerprint density at radius 3 is 2.06 bits per heavy atom. The van der Waals surface area contributed by atoms with Crippen molar-refractivity contribution in [3.05, 3.63) is 33.9 Å². The smallest absolute Gasteiger partial charge is 0.00861 e. The average molecular weight is 214 g/mol. The fraction of sp³-hybridized carbons (Fsp3) is 0.500. The summed E-state index contributed by atoms with van der Waals surface area (Å²) >= 11 is 0. The molecule has 0 bridgehead atoms. The van der Waals surface area contributed by atoms with Gasteiger partial charge in [-0.05, 0) is 74.8 Å². The monoisotopic (exact) mass is 214 g/mol. The van der Waals surface area contributed by atoms with E-state index >= 15 is 0 Å². The van der Waals surface area contributed by atoms with Gasteiger partial charge in [-0.3, -0.25) is 0 Å². The van der Waals surface area contributed by atoms with Crippen LogP contribution in [0.25, 0.3) is 0 Å². The second kappa shape index (κ2) is 5.75. The molecule has 1 aromatic rings. The Balaban J connectivity index is 2.83. The van der Waals surface area contributed by atoms with Crippen LogP contribution in [-0.2, 0) is 6.42 Å². The summed E-state index contributed by atoms with van der Waals surface area (Å²) in [6.07, 6.45) is 9.68. The number of aryl methyl sites for hydroxylation is 2. The van der Waals surface area contributed by atoms with Crippen molar-refractivity contribution in [2.75, 3.05) is 0 Å². The van der Waals surface area contributed by atoms with E-state index in [0.29, 0.717) is 0 Å². The number of hydrogen-bond donors (Lipinski definition) is 0. The fourth-order valence-electron chi connectivity index (χ4n) is 2.20. The Bertz CT molecular complexity index is 379. The largest absolute Gasteiger partial charge is 0.120 e. The maximum atomic E-state index is 5.27. The van der Waals surface area contributed by atoms with Gasteiger partial charge in [-0.25, -0.2) is 0 Å². The summed E-state index contributed by atoms with van der Waals surface area (Å²) in [6, 6.07) is 2.29. The van der Waals surface area contributed by atoms with Crippen LogP contribution in [0.15, 0.2) is 6.07 Å². The molecule has 0 saturated carbocycles. The number of hydrogen-bond acceptors (Lipinski definition) is 0. The third-order valence-electron chi connectivity index (χ3n) is 3.52.